The molecule has 0 aromatic carbocycles. The number of hydrogen-bond acceptors (Lipinski definition) is 1. The first kappa shape index (κ1) is 25.5. The minimum absolute atomic E-state index is 0.182. The Hall–Kier alpha value is 0.290. The maximum absolute atomic E-state index is 12.7. The van der Waals surface area contributed by atoms with Crippen molar-refractivity contribution >= 4 is 26.9 Å². The molecule has 0 aromatic heterocycles. The molecule has 5 heteroatoms. The van der Waals surface area contributed by atoms with Gasteiger partial charge >= 0.3 is 0 Å². The Balaban J connectivity index is 0. The van der Waals surface area contributed by atoms with Crippen molar-refractivity contribution < 1.29 is 8.69 Å². The first-order chi connectivity index (χ1) is 10.3. The summed E-state index contributed by atoms with van der Waals surface area (Å²) < 4.78 is 15.5. The second-order valence-electron chi connectivity index (χ2n) is 8.58. The van der Waals surface area contributed by atoms with Crippen LogP contribution in [0.3, 0.4) is 0 Å². The van der Waals surface area contributed by atoms with Crippen LogP contribution in [0.25, 0.3) is 0 Å². The molecule has 140 valence electrons. The monoisotopic (exact) mass is 411 g/mol. The third kappa shape index (κ3) is 12.3. The number of alkyl halides is 1. The van der Waals surface area contributed by atoms with E-state index in [4.69, 9.17) is 0 Å². The van der Waals surface area contributed by atoms with E-state index in [-0.39, 0.29) is 10.2 Å². The van der Waals surface area contributed by atoms with E-state index < -0.39 is 11.0 Å². The smallest absolute Gasteiger partial charge is 0.0997 e. The molecule has 0 saturated heterocycles. The lowest BCUT2D eigenvalue weighted by atomic mass is 9.86. The fraction of sp³-hybridized carbons (Fsp3) is 0.889. The highest BCUT2D eigenvalue weighted by Crippen LogP contribution is 2.31. The van der Waals surface area contributed by atoms with Crippen LogP contribution >= 0.6 is 15.9 Å². The maximum atomic E-state index is 12.7. The van der Waals surface area contributed by atoms with Gasteiger partial charge < -0.3 is 4.48 Å². The van der Waals surface area contributed by atoms with Crippen molar-refractivity contribution in [3.8, 4) is 0 Å². The number of likely N-dealkylation sites (N-methyl/N-ethyl adjacent to an activating group) is 1. The highest BCUT2D eigenvalue weighted by Gasteiger charge is 2.33. The summed E-state index contributed by atoms with van der Waals surface area (Å²) in [6, 6.07) is 0. The van der Waals surface area contributed by atoms with Gasteiger partial charge in [0, 0.05) is 13.0 Å². The van der Waals surface area contributed by atoms with Crippen LogP contribution in [0.5, 0.6) is 0 Å². The number of halogens is 1. The molecule has 0 aliphatic heterocycles. The van der Waals surface area contributed by atoms with E-state index in [1.165, 1.54) is 0 Å². The summed E-state index contributed by atoms with van der Waals surface area (Å²) in [5.74, 6) is 1.81. The molecule has 0 amide bonds. The van der Waals surface area contributed by atoms with Crippen LogP contribution in [-0.4, -0.2) is 64.4 Å². The van der Waals surface area contributed by atoms with Crippen molar-refractivity contribution in [2.45, 2.75) is 52.2 Å². The zero-order chi connectivity index (χ0) is 18.9. The van der Waals surface area contributed by atoms with Crippen LogP contribution in [0.4, 0.5) is 0 Å². The summed E-state index contributed by atoms with van der Waals surface area (Å²) in [6.45, 7) is 17.6. The van der Waals surface area contributed by atoms with Gasteiger partial charge in [0.15, 0.2) is 0 Å². The SMILES string of the molecule is C=CC[N+](C)(C)CCCN(C)S(=O)C(C)(C)CC(C)(C)C.CBr. The number of quaternary nitrogens is 1. The number of nitrogens with zero attached hydrogens (tertiary/aromatic N) is 2. The normalized spacial score (nSPS) is 14.2. The van der Waals surface area contributed by atoms with Crippen LogP contribution in [0.2, 0.25) is 0 Å². The predicted octanol–water partition coefficient (Wildman–Crippen LogP) is 4.46. The predicted molar refractivity (Wildman–Crippen MR) is 110 cm³/mol. The lowest BCUT2D eigenvalue weighted by Crippen LogP contribution is -2.43. The molecule has 0 aromatic rings. The Morgan fingerprint density at radius 3 is 2.04 bits per heavy atom. The Morgan fingerprint density at radius 2 is 1.65 bits per heavy atom. The average Bonchev–Trinajstić information content (AvgIpc) is 2.36. The van der Waals surface area contributed by atoms with E-state index in [1.807, 2.05) is 23.3 Å². The van der Waals surface area contributed by atoms with Crippen LogP contribution in [-0.2, 0) is 11.0 Å². The van der Waals surface area contributed by atoms with Gasteiger partial charge in [-0.1, -0.05) is 43.3 Å². The fourth-order valence-corrected chi connectivity index (χ4v) is 4.70. The van der Waals surface area contributed by atoms with Crippen LogP contribution in [0.15, 0.2) is 12.7 Å². The molecule has 0 aliphatic rings. The fourth-order valence-electron chi connectivity index (χ4n) is 3.01. The lowest BCUT2D eigenvalue weighted by molar-refractivity contribution is -0.884. The molecule has 0 rings (SSSR count). The van der Waals surface area contributed by atoms with Gasteiger partial charge in [-0.15, -0.1) is 0 Å². The van der Waals surface area contributed by atoms with E-state index >= 15 is 0 Å². The Bertz CT molecular complexity index is 363. The third-order valence-corrected chi connectivity index (χ3v) is 5.41. The van der Waals surface area contributed by atoms with Crippen molar-refractivity contribution in [3.05, 3.63) is 12.7 Å². The molecule has 3 nitrogen and oxygen atoms in total. The Kier molecular flexibility index (Phi) is 12.2. The highest BCUT2D eigenvalue weighted by atomic mass is 79.9. The van der Waals surface area contributed by atoms with Crippen LogP contribution in [0.1, 0.15) is 47.5 Å². The first-order valence-electron chi connectivity index (χ1n) is 8.25. The molecule has 0 bridgehead atoms. The number of rotatable bonds is 9. The standard InChI is InChI=1S/C17H37N2OS.CH3Br/c1-10-13-19(8,9)14-11-12-18(7)21(20)17(5,6)15-16(2,3)4;1-2/h10H,1,11-15H2,2-9H3;1H3/q+1;. The van der Waals surface area contributed by atoms with E-state index in [2.05, 4.69) is 71.2 Å². The van der Waals surface area contributed by atoms with Crippen LogP contribution < -0.4 is 0 Å². The molecule has 0 radical (unpaired) electrons. The summed E-state index contributed by atoms with van der Waals surface area (Å²) in [7, 11) is 5.45. The molecule has 1 atom stereocenters. The molecule has 0 N–H and O–H groups in total. The lowest BCUT2D eigenvalue weighted by Gasteiger charge is -2.35. The number of hydrogen-bond donors (Lipinski definition) is 0. The molecule has 23 heavy (non-hydrogen) atoms. The van der Waals surface area contributed by atoms with Crippen molar-refractivity contribution in [1.82, 2.24) is 4.31 Å². The molecule has 0 spiro atoms. The van der Waals surface area contributed by atoms with Gasteiger partial charge in [0.1, 0.15) is 0 Å². The molecular formula is C18H40BrN2OS+. The molecule has 0 saturated carbocycles. The van der Waals surface area contributed by atoms with Gasteiger partial charge in [0.2, 0.25) is 0 Å². The Morgan fingerprint density at radius 1 is 1.17 bits per heavy atom. The summed E-state index contributed by atoms with van der Waals surface area (Å²) in [4.78, 5) is 0. The zero-order valence-corrected chi connectivity index (χ0v) is 19.3. The van der Waals surface area contributed by atoms with Gasteiger partial charge in [-0.05, 0) is 44.6 Å². The summed E-state index contributed by atoms with van der Waals surface area (Å²) >= 11 is 2.94. The zero-order valence-electron chi connectivity index (χ0n) is 16.9. The van der Waals surface area contributed by atoms with Gasteiger partial charge in [0.05, 0.1) is 42.9 Å². The minimum Gasteiger partial charge on any atom is -0.325 e. The van der Waals surface area contributed by atoms with Crippen molar-refractivity contribution in [3.63, 3.8) is 0 Å². The van der Waals surface area contributed by atoms with E-state index in [0.717, 1.165) is 37.0 Å². The summed E-state index contributed by atoms with van der Waals surface area (Å²) in [5.41, 5.74) is 0.197. The van der Waals surface area contributed by atoms with E-state index in [9.17, 15) is 4.21 Å². The maximum Gasteiger partial charge on any atom is 0.0997 e. The van der Waals surface area contributed by atoms with Gasteiger partial charge in [-0.25, -0.2) is 8.51 Å². The third-order valence-electron chi connectivity index (χ3n) is 3.57. The summed E-state index contributed by atoms with van der Waals surface area (Å²) in [6.07, 6.45) is 3.97. The second kappa shape index (κ2) is 11.0. The van der Waals surface area contributed by atoms with E-state index in [0.29, 0.717) is 0 Å². The van der Waals surface area contributed by atoms with Crippen LogP contribution in [0, 0.1) is 5.41 Å². The van der Waals surface area contributed by atoms with Gasteiger partial charge in [-0.2, -0.15) is 0 Å². The molecule has 0 heterocycles. The first-order valence-corrected chi connectivity index (χ1v) is 10.9. The molecule has 0 aliphatic carbocycles. The Labute approximate surface area is 156 Å². The van der Waals surface area contributed by atoms with Crippen molar-refractivity contribution in [2.24, 2.45) is 5.41 Å². The van der Waals surface area contributed by atoms with Crippen molar-refractivity contribution in [1.29, 1.82) is 0 Å². The molecule has 0 fully saturated rings. The minimum atomic E-state index is -0.947. The second-order valence-corrected chi connectivity index (χ2v) is 10.8. The highest BCUT2D eigenvalue weighted by molar-refractivity contribution is 9.08. The van der Waals surface area contributed by atoms with Gasteiger partial charge in [0.25, 0.3) is 0 Å². The topological polar surface area (TPSA) is 20.3 Å². The van der Waals surface area contributed by atoms with E-state index in [1.54, 1.807) is 0 Å². The largest absolute Gasteiger partial charge is 0.325 e. The van der Waals surface area contributed by atoms with Crippen molar-refractivity contribution in [2.75, 3.05) is 46.6 Å². The molecular weight excluding hydrogens is 372 g/mol. The summed E-state index contributed by atoms with van der Waals surface area (Å²) in [5, 5.41) is 0. The quantitative estimate of drug-likeness (QED) is 0.311. The average molecular weight is 413 g/mol. The van der Waals surface area contributed by atoms with Gasteiger partial charge in [-0.3, -0.25) is 0 Å². The molecule has 1 unspecified atom stereocenters.